The van der Waals surface area contributed by atoms with Gasteiger partial charge >= 0.3 is 0 Å². The smallest absolute Gasteiger partial charge is 0.240 e. The van der Waals surface area contributed by atoms with E-state index in [1.807, 2.05) is 12.1 Å². The van der Waals surface area contributed by atoms with Crippen LogP contribution in [0.4, 0.5) is 0 Å². The molecule has 9 heteroatoms. The Balaban J connectivity index is 0.00000261. The lowest BCUT2D eigenvalue weighted by Gasteiger charge is -2.12. The molecule has 1 aromatic heterocycles. The molecule has 3 rings (SSSR count). The Labute approximate surface area is 181 Å². The van der Waals surface area contributed by atoms with Crippen molar-refractivity contribution < 1.29 is 8.42 Å². The van der Waals surface area contributed by atoms with Crippen molar-refractivity contribution in [2.45, 2.75) is 43.8 Å². The minimum Gasteiger partial charge on any atom is -0.352 e. The van der Waals surface area contributed by atoms with Crippen molar-refractivity contribution >= 4 is 51.3 Å². The van der Waals surface area contributed by atoms with E-state index in [4.69, 9.17) is 0 Å². The Kier molecular flexibility index (Phi) is 8.07. The molecule has 1 aromatic carbocycles. The van der Waals surface area contributed by atoms with E-state index in [1.165, 1.54) is 9.75 Å². The molecule has 1 fully saturated rings. The van der Waals surface area contributed by atoms with E-state index in [-0.39, 0.29) is 30.0 Å². The summed E-state index contributed by atoms with van der Waals surface area (Å²) in [5.41, 5.74) is 0.991. The van der Waals surface area contributed by atoms with Crippen LogP contribution in [0.5, 0.6) is 0 Å². The van der Waals surface area contributed by atoms with Crippen LogP contribution in [0.2, 0.25) is 0 Å². The lowest BCUT2D eigenvalue weighted by molar-refractivity contribution is 0.581. The van der Waals surface area contributed by atoms with E-state index in [1.54, 1.807) is 30.5 Å². The first-order chi connectivity index (χ1) is 12.5. The van der Waals surface area contributed by atoms with Crippen molar-refractivity contribution in [3.05, 3.63) is 51.7 Å². The predicted octanol–water partition coefficient (Wildman–Crippen LogP) is 2.98. The lowest BCUT2D eigenvalue weighted by atomic mass is 10.2. The van der Waals surface area contributed by atoms with Crippen LogP contribution in [-0.2, 0) is 23.1 Å². The number of nitrogens with one attached hydrogen (secondary N) is 3. The summed E-state index contributed by atoms with van der Waals surface area (Å²) in [5, 5.41) is 6.52. The Hall–Kier alpha value is -1.17. The topological polar surface area (TPSA) is 82.6 Å². The molecule has 0 atom stereocenters. The largest absolute Gasteiger partial charge is 0.352 e. The van der Waals surface area contributed by atoms with E-state index in [2.05, 4.69) is 39.4 Å². The molecule has 1 saturated carbocycles. The van der Waals surface area contributed by atoms with Crippen LogP contribution < -0.4 is 15.4 Å². The number of sulfonamides is 1. The highest BCUT2D eigenvalue weighted by molar-refractivity contribution is 14.0. The monoisotopic (exact) mass is 520 g/mol. The molecular formula is C18H25IN4O2S2. The molecule has 0 saturated heterocycles. The summed E-state index contributed by atoms with van der Waals surface area (Å²) in [6.07, 6.45) is 1.86. The van der Waals surface area contributed by atoms with Gasteiger partial charge in [-0.05, 0) is 49.6 Å². The summed E-state index contributed by atoms with van der Waals surface area (Å²) in [7, 11) is -1.66. The Bertz CT molecular complexity index is 875. The number of aliphatic imine (C=N–C) groups is 1. The second kappa shape index (κ2) is 9.85. The summed E-state index contributed by atoms with van der Waals surface area (Å²) in [4.78, 5) is 7.06. The predicted molar refractivity (Wildman–Crippen MR) is 121 cm³/mol. The number of aryl methyl sites for hydroxylation is 1. The number of guanidine groups is 1. The number of halogens is 1. The molecule has 6 nitrogen and oxygen atoms in total. The van der Waals surface area contributed by atoms with Gasteiger partial charge in [0.2, 0.25) is 10.0 Å². The summed E-state index contributed by atoms with van der Waals surface area (Å²) >= 11 is 1.76. The van der Waals surface area contributed by atoms with Crippen LogP contribution in [0.25, 0.3) is 0 Å². The molecule has 27 heavy (non-hydrogen) atoms. The molecule has 0 spiro atoms. The molecule has 0 aliphatic heterocycles. The number of rotatable bonds is 7. The van der Waals surface area contributed by atoms with Gasteiger partial charge in [-0.1, -0.05) is 12.1 Å². The third kappa shape index (κ3) is 6.74. The molecule has 1 aliphatic rings. The number of thiophene rings is 1. The van der Waals surface area contributed by atoms with Crippen molar-refractivity contribution in [2.24, 2.45) is 4.99 Å². The summed E-state index contributed by atoms with van der Waals surface area (Å²) in [6, 6.07) is 11.3. The minimum atomic E-state index is -3.39. The maximum absolute atomic E-state index is 12.2. The molecule has 3 N–H and O–H groups in total. The first-order valence-corrected chi connectivity index (χ1v) is 10.9. The zero-order valence-electron chi connectivity index (χ0n) is 15.4. The average Bonchev–Trinajstić information content (AvgIpc) is 3.33. The van der Waals surface area contributed by atoms with E-state index >= 15 is 0 Å². The fourth-order valence-corrected chi connectivity index (χ4v) is 4.57. The quantitative estimate of drug-likeness (QED) is 0.298. The minimum absolute atomic E-state index is 0. The van der Waals surface area contributed by atoms with Gasteiger partial charge in [0.15, 0.2) is 5.96 Å². The van der Waals surface area contributed by atoms with Gasteiger partial charge in [-0.3, -0.25) is 4.99 Å². The fraction of sp³-hybridized carbons (Fsp3) is 0.389. The normalized spacial score (nSPS) is 14.5. The first kappa shape index (κ1) is 22.1. The molecule has 2 aromatic rings. The second-order valence-corrected chi connectivity index (χ2v) is 9.42. The molecule has 1 aliphatic carbocycles. The third-order valence-electron chi connectivity index (χ3n) is 4.04. The number of hydrogen-bond donors (Lipinski definition) is 3. The van der Waals surface area contributed by atoms with E-state index in [0.717, 1.165) is 24.9 Å². The number of nitrogens with zero attached hydrogens (tertiary/aromatic N) is 1. The highest BCUT2D eigenvalue weighted by Crippen LogP contribution is 2.22. The van der Waals surface area contributed by atoms with Crippen LogP contribution in [0.3, 0.4) is 0 Å². The fourth-order valence-electron chi connectivity index (χ4n) is 2.43. The van der Waals surface area contributed by atoms with Crippen LogP contribution in [0.15, 0.2) is 46.3 Å². The summed E-state index contributed by atoms with van der Waals surface area (Å²) in [6.45, 7) is 3.38. The first-order valence-electron chi connectivity index (χ1n) is 8.57. The van der Waals surface area contributed by atoms with Crippen molar-refractivity contribution in [1.82, 2.24) is 15.4 Å². The third-order valence-corrected chi connectivity index (χ3v) is 6.58. The number of hydrogen-bond acceptors (Lipinski definition) is 4. The van der Waals surface area contributed by atoms with Crippen LogP contribution in [-0.4, -0.2) is 27.5 Å². The van der Waals surface area contributed by atoms with Crippen LogP contribution >= 0.6 is 35.3 Å². The molecule has 148 valence electrons. The lowest BCUT2D eigenvalue weighted by Crippen LogP contribution is -2.36. The molecule has 1 heterocycles. The zero-order chi connectivity index (χ0) is 18.6. The maximum Gasteiger partial charge on any atom is 0.240 e. The van der Waals surface area contributed by atoms with Gasteiger partial charge in [0.1, 0.15) is 0 Å². The average molecular weight is 520 g/mol. The standard InChI is InChI=1S/C18H24N4O2S2.HI/c1-13-3-8-16(25-13)12-21-18(19-2)20-11-14-4-9-17(10-5-14)26(23,24)22-15-6-7-15;/h3-5,8-10,15,22H,6-7,11-12H2,1-2H3,(H2,19,20,21);1H. The van der Waals surface area contributed by atoms with E-state index in [0.29, 0.717) is 17.4 Å². The van der Waals surface area contributed by atoms with Crippen LogP contribution in [0, 0.1) is 6.92 Å². The molecule has 0 unspecified atom stereocenters. The maximum atomic E-state index is 12.2. The molecule has 0 amide bonds. The van der Waals surface area contributed by atoms with Gasteiger partial charge in [-0.2, -0.15) is 0 Å². The van der Waals surface area contributed by atoms with E-state index < -0.39 is 10.0 Å². The highest BCUT2D eigenvalue weighted by atomic mass is 127. The van der Waals surface area contributed by atoms with Gasteiger partial charge in [0.25, 0.3) is 0 Å². The van der Waals surface area contributed by atoms with Crippen molar-refractivity contribution in [3.63, 3.8) is 0 Å². The number of benzene rings is 1. The van der Waals surface area contributed by atoms with Gasteiger partial charge in [0.05, 0.1) is 11.4 Å². The van der Waals surface area contributed by atoms with E-state index in [9.17, 15) is 8.42 Å². The Morgan fingerprint density at radius 2 is 1.78 bits per heavy atom. The zero-order valence-corrected chi connectivity index (χ0v) is 19.3. The Morgan fingerprint density at radius 3 is 2.33 bits per heavy atom. The van der Waals surface area contributed by atoms with Crippen molar-refractivity contribution in [2.75, 3.05) is 7.05 Å². The van der Waals surface area contributed by atoms with Crippen LogP contribution in [0.1, 0.15) is 28.2 Å². The highest BCUT2D eigenvalue weighted by Gasteiger charge is 2.27. The Morgan fingerprint density at radius 1 is 1.11 bits per heavy atom. The molecular weight excluding hydrogens is 495 g/mol. The summed E-state index contributed by atoms with van der Waals surface area (Å²) < 4.78 is 27.0. The van der Waals surface area contributed by atoms with Gasteiger partial charge < -0.3 is 10.6 Å². The molecule has 0 bridgehead atoms. The van der Waals surface area contributed by atoms with Gasteiger partial charge in [-0.25, -0.2) is 13.1 Å². The summed E-state index contributed by atoms with van der Waals surface area (Å²) in [5.74, 6) is 0.711. The van der Waals surface area contributed by atoms with Gasteiger partial charge in [0, 0.05) is 29.4 Å². The second-order valence-electron chi connectivity index (χ2n) is 6.33. The molecule has 0 radical (unpaired) electrons. The van der Waals surface area contributed by atoms with Crippen molar-refractivity contribution in [3.8, 4) is 0 Å². The SMILES string of the molecule is CN=C(NCc1ccc(S(=O)(=O)NC2CC2)cc1)NCc1ccc(C)s1.I. The van der Waals surface area contributed by atoms with Crippen molar-refractivity contribution in [1.29, 1.82) is 0 Å². The van der Waals surface area contributed by atoms with Gasteiger partial charge in [-0.15, -0.1) is 35.3 Å².